The Balaban J connectivity index is 2.12. The second-order valence-corrected chi connectivity index (χ2v) is 12.4. The number of nitrogens with zero attached hydrogens (tertiary/aromatic N) is 3. The van der Waals surface area contributed by atoms with Gasteiger partial charge >= 0.3 is 0 Å². The second kappa shape index (κ2) is 14.3. The number of methoxy groups -OCH3 is 1. The molecule has 0 unspecified atom stereocenters. The highest BCUT2D eigenvalue weighted by atomic mass is 35.5. The molecule has 0 spiro atoms. The van der Waals surface area contributed by atoms with Crippen molar-refractivity contribution in [3.8, 4) is 5.75 Å². The van der Waals surface area contributed by atoms with Crippen LogP contribution < -0.4 is 14.4 Å². The molecule has 43 heavy (non-hydrogen) atoms. The summed E-state index contributed by atoms with van der Waals surface area (Å²) in [4.78, 5) is 39.2. The zero-order valence-corrected chi connectivity index (χ0v) is 26.2. The van der Waals surface area contributed by atoms with Gasteiger partial charge < -0.3 is 15.0 Å². The molecular formula is C30H35ClN4O7S. The van der Waals surface area contributed by atoms with Crippen molar-refractivity contribution in [3.63, 3.8) is 0 Å². The Bertz CT molecular complexity index is 1560. The summed E-state index contributed by atoms with van der Waals surface area (Å²) < 4.78 is 34.2. The van der Waals surface area contributed by atoms with Gasteiger partial charge in [-0.1, -0.05) is 36.7 Å². The molecule has 0 aliphatic rings. The molecule has 13 heteroatoms. The summed E-state index contributed by atoms with van der Waals surface area (Å²) in [7, 11) is -3.04. The lowest BCUT2D eigenvalue weighted by atomic mass is 10.1. The number of hydrogen-bond donors (Lipinski definition) is 1. The molecule has 0 bridgehead atoms. The van der Waals surface area contributed by atoms with E-state index in [1.807, 2.05) is 0 Å². The largest absolute Gasteiger partial charge is 0.497 e. The molecule has 0 radical (unpaired) electrons. The predicted molar refractivity (Wildman–Crippen MR) is 165 cm³/mol. The van der Waals surface area contributed by atoms with Gasteiger partial charge in [0.25, 0.3) is 15.7 Å². The number of nitro groups is 1. The number of benzene rings is 3. The first-order valence-electron chi connectivity index (χ1n) is 13.5. The van der Waals surface area contributed by atoms with Gasteiger partial charge in [0.05, 0.1) is 22.6 Å². The van der Waals surface area contributed by atoms with E-state index in [0.717, 1.165) is 10.4 Å². The minimum absolute atomic E-state index is 0.00648. The van der Waals surface area contributed by atoms with E-state index in [4.69, 9.17) is 16.3 Å². The predicted octanol–water partition coefficient (Wildman–Crippen LogP) is 5.09. The minimum Gasteiger partial charge on any atom is -0.497 e. The number of aryl methyl sites for hydroxylation is 1. The van der Waals surface area contributed by atoms with Crippen molar-refractivity contribution < 1.29 is 27.7 Å². The van der Waals surface area contributed by atoms with E-state index in [1.165, 1.54) is 55.3 Å². The summed E-state index contributed by atoms with van der Waals surface area (Å²) in [5.74, 6) is -0.575. The van der Waals surface area contributed by atoms with E-state index in [9.17, 15) is 28.1 Å². The maximum Gasteiger partial charge on any atom is 0.273 e. The topological polar surface area (TPSA) is 139 Å². The summed E-state index contributed by atoms with van der Waals surface area (Å²) in [5.41, 5.74) is 0.722. The Morgan fingerprint density at radius 1 is 1.05 bits per heavy atom. The summed E-state index contributed by atoms with van der Waals surface area (Å²) in [6, 6.07) is 15.3. The Morgan fingerprint density at radius 3 is 2.21 bits per heavy atom. The molecule has 11 nitrogen and oxygen atoms in total. The molecule has 0 heterocycles. The van der Waals surface area contributed by atoms with Crippen molar-refractivity contribution in [1.29, 1.82) is 0 Å². The maximum absolute atomic E-state index is 14.1. The molecule has 1 atom stereocenters. The van der Waals surface area contributed by atoms with Crippen molar-refractivity contribution in [2.45, 2.75) is 57.6 Å². The van der Waals surface area contributed by atoms with Crippen molar-refractivity contribution in [2.24, 2.45) is 0 Å². The Kier molecular flexibility index (Phi) is 11.1. The van der Waals surface area contributed by atoms with Crippen LogP contribution >= 0.6 is 11.6 Å². The van der Waals surface area contributed by atoms with Gasteiger partial charge in [0.15, 0.2) is 0 Å². The fourth-order valence-electron chi connectivity index (χ4n) is 4.44. The lowest BCUT2D eigenvalue weighted by Gasteiger charge is -2.33. The van der Waals surface area contributed by atoms with Crippen LogP contribution in [0.2, 0.25) is 5.02 Å². The number of carbonyl (C=O) groups excluding carboxylic acids is 2. The van der Waals surface area contributed by atoms with E-state index in [2.05, 4.69) is 5.32 Å². The van der Waals surface area contributed by atoms with E-state index >= 15 is 0 Å². The van der Waals surface area contributed by atoms with Crippen molar-refractivity contribution in [1.82, 2.24) is 10.2 Å². The lowest BCUT2D eigenvalue weighted by Crippen LogP contribution is -2.53. The van der Waals surface area contributed by atoms with E-state index in [-0.39, 0.29) is 46.7 Å². The normalized spacial score (nSPS) is 12.0. The number of halogens is 1. The van der Waals surface area contributed by atoms with Gasteiger partial charge in [-0.05, 0) is 75.2 Å². The smallest absolute Gasteiger partial charge is 0.273 e. The number of ether oxygens (including phenoxy) is 1. The molecule has 0 saturated heterocycles. The van der Waals surface area contributed by atoms with Crippen molar-refractivity contribution in [2.75, 3.05) is 18.0 Å². The third kappa shape index (κ3) is 8.23. The molecular weight excluding hydrogens is 596 g/mol. The fraction of sp³-hybridized carbons (Fsp3) is 0.333. The number of sulfonamides is 1. The molecule has 0 fully saturated rings. The highest BCUT2D eigenvalue weighted by Gasteiger charge is 2.34. The number of hydrogen-bond acceptors (Lipinski definition) is 7. The SMILES string of the molecule is CC[C@H](C(=O)NC(C)C)N(Cc1ccc(Cl)cc1)C(=O)CN(c1ccc(OC)cc1)S(=O)(=O)c1ccc(C)c([N+](=O)[O-])c1. The van der Waals surface area contributed by atoms with E-state index < -0.39 is 33.4 Å². The number of nitro benzene ring substituents is 1. The monoisotopic (exact) mass is 630 g/mol. The molecule has 3 rings (SSSR count). The third-order valence-electron chi connectivity index (χ3n) is 6.69. The average molecular weight is 631 g/mol. The Hall–Kier alpha value is -4.16. The Labute approximate surface area is 256 Å². The molecule has 3 aromatic carbocycles. The molecule has 2 amide bonds. The average Bonchev–Trinajstić information content (AvgIpc) is 2.96. The van der Waals surface area contributed by atoms with Crippen molar-refractivity contribution in [3.05, 3.63) is 93.0 Å². The molecule has 0 saturated carbocycles. The van der Waals surface area contributed by atoms with E-state index in [1.54, 1.807) is 45.0 Å². The van der Waals surface area contributed by atoms with Gasteiger partial charge in [0.2, 0.25) is 11.8 Å². The van der Waals surface area contributed by atoms with Crippen LogP contribution in [-0.2, 0) is 26.2 Å². The van der Waals surface area contributed by atoms with Crippen LogP contribution in [-0.4, -0.2) is 55.8 Å². The molecule has 0 aromatic heterocycles. The van der Waals surface area contributed by atoms with Crippen LogP contribution in [0, 0.1) is 17.0 Å². The van der Waals surface area contributed by atoms with Crippen LogP contribution in [0.4, 0.5) is 11.4 Å². The summed E-state index contributed by atoms with van der Waals surface area (Å²) in [6.07, 6.45) is 0.261. The lowest BCUT2D eigenvalue weighted by molar-refractivity contribution is -0.385. The van der Waals surface area contributed by atoms with Crippen LogP contribution in [0.25, 0.3) is 0 Å². The first-order chi connectivity index (χ1) is 20.3. The number of nitrogens with one attached hydrogen (secondary N) is 1. The third-order valence-corrected chi connectivity index (χ3v) is 8.71. The second-order valence-electron chi connectivity index (χ2n) is 10.2. The maximum atomic E-state index is 14.1. The first kappa shape index (κ1) is 33.3. The summed E-state index contributed by atoms with van der Waals surface area (Å²) in [5, 5.41) is 14.9. The van der Waals surface area contributed by atoms with Gasteiger partial charge in [0, 0.05) is 29.2 Å². The van der Waals surface area contributed by atoms with Gasteiger partial charge in [-0.3, -0.25) is 24.0 Å². The minimum atomic E-state index is -4.50. The number of rotatable bonds is 13. The van der Waals surface area contributed by atoms with Gasteiger partial charge in [0.1, 0.15) is 18.3 Å². The van der Waals surface area contributed by atoms with Gasteiger partial charge in [-0.25, -0.2) is 8.42 Å². The highest BCUT2D eigenvalue weighted by Crippen LogP contribution is 2.29. The first-order valence-corrected chi connectivity index (χ1v) is 15.4. The molecule has 3 aromatic rings. The molecule has 1 N–H and O–H groups in total. The zero-order valence-electron chi connectivity index (χ0n) is 24.6. The standard InChI is InChI=1S/C30H35ClN4O7S/c1-6-27(30(37)32-20(2)3)33(18-22-8-10-23(31)11-9-22)29(36)19-34(24-12-14-25(42-5)15-13-24)43(40,41)26-16-7-21(4)28(17-26)35(38)39/h7-17,20,27H,6,18-19H2,1-5H3,(H,32,37)/t27-/m1/s1. The fourth-order valence-corrected chi connectivity index (χ4v) is 6.00. The van der Waals surface area contributed by atoms with Crippen LogP contribution in [0.15, 0.2) is 71.6 Å². The van der Waals surface area contributed by atoms with Crippen LogP contribution in [0.5, 0.6) is 5.75 Å². The molecule has 230 valence electrons. The van der Waals surface area contributed by atoms with Gasteiger partial charge in [-0.15, -0.1) is 0 Å². The quantitative estimate of drug-likeness (QED) is 0.205. The van der Waals surface area contributed by atoms with Crippen LogP contribution in [0.1, 0.15) is 38.3 Å². The summed E-state index contributed by atoms with van der Waals surface area (Å²) >= 11 is 6.05. The number of carbonyl (C=O) groups is 2. The number of amides is 2. The van der Waals surface area contributed by atoms with Crippen molar-refractivity contribution >= 4 is 44.8 Å². The van der Waals surface area contributed by atoms with Gasteiger partial charge in [-0.2, -0.15) is 0 Å². The van der Waals surface area contributed by atoms with Crippen LogP contribution in [0.3, 0.4) is 0 Å². The summed E-state index contributed by atoms with van der Waals surface area (Å²) in [6.45, 7) is 6.18. The molecule has 0 aliphatic carbocycles. The number of anilines is 1. The molecule has 0 aliphatic heterocycles. The highest BCUT2D eigenvalue weighted by molar-refractivity contribution is 7.92. The Morgan fingerprint density at radius 2 is 1.67 bits per heavy atom. The zero-order chi connectivity index (χ0) is 31.9. The van der Waals surface area contributed by atoms with E-state index in [0.29, 0.717) is 16.3 Å².